The van der Waals surface area contributed by atoms with Gasteiger partial charge in [-0.15, -0.1) is 0 Å². The van der Waals surface area contributed by atoms with Crippen LogP contribution in [0.5, 0.6) is 23.0 Å². The molecule has 0 atom stereocenters. The first-order valence-corrected chi connectivity index (χ1v) is 43.7. The van der Waals surface area contributed by atoms with Gasteiger partial charge in [0.1, 0.15) is 0 Å². The van der Waals surface area contributed by atoms with Crippen molar-refractivity contribution >= 4 is 110 Å². The number of rotatable bonds is 19. The average molecular weight is 1330 g/mol. The summed E-state index contributed by atoms with van der Waals surface area (Å²) in [5, 5.41) is 8.36. The monoisotopic (exact) mass is 1330 g/mol. The van der Waals surface area contributed by atoms with Gasteiger partial charge < -0.3 is 0 Å². The minimum absolute atomic E-state index is 0.210. The van der Waals surface area contributed by atoms with E-state index in [1.807, 2.05) is 0 Å². The second-order valence-corrected chi connectivity index (χ2v) is 49.5. The van der Waals surface area contributed by atoms with E-state index in [0.717, 1.165) is 31.9 Å². The number of para-hydroxylation sites is 2. The molecule has 0 spiro atoms. The average Bonchev–Trinajstić information content (AvgIpc) is 0.803. The molecule has 0 amide bonds. The molecule has 10 rings (SSSR count). The van der Waals surface area contributed by atoms with Crippen LogP contribution < -0.4 is 68.1 Å². The van der Waals surface area contributed by atoms with Gasteiger partial charge in [-0.3, -0.25) is 0 Å². The SMILES string of the molecule is CC(C)(C)[Si](Oc1cccc([Se][Se]c2cccc(O[Si](c3ccccc3)(c3ccccc3)C(C)(C)C)c2O[Si](c2ccccc2)(c2ccccc2)C(C)(C)C)c1O[Si](c1ccccc1)(c1ccccc1)C(C)(C)C)(c1ccccc1)c1ccccc1. The third kappa shape index (κ3) is 11.9. The Kier molecular flexibility index (Phi) is 18.5. The predicted octanol–water partition coefficient (Wildman–Crippen LogP) is 12.7. The van der Waals surface area contributed by atoms with E-state index in [2.05, 4.69) is 362 Å². The first-order chi connectivity index (χ1) is 41.2. The van der Waals surface area contributed by atoms with Gasteiger partial charge in [0.15, 0.2) is 0 Å². The summed E-state index contributed by atoms with van der Waals surface area (Å²) < 4.78 is 35.6. The second-order valence-electron chi connectivity index (χ2n) is 26.4. The van der Waals surface area contributed by atoms with Gasteiger partial charge in [0.2, 0.25) is 0 Å². The molecule has 86 heavy (non-hydrogen) atoms. The van der Waals surface area contributed by atoms with Gasteiger partial charge in [-0.2, -0.15) is 0 Å². The molecular formula is C76H82O4Se2Si4. The fourth-order valence-electron chi connectivity index (χ4n) is 12.8. The van der Waals surface area contributed by atoms with Crippen LogP contribution in [0.25, 0.3) is 0 Å². The zero-order valence-electron chi connectivity index (χ0n) is 52.0. The maximum atomic E-state index is 8.43. The summed E-state index contributed by atoms with van der Waals surface area (Å²) in [5.74, 6) is 3.20. The molecule has 0 unspecified atom stereocenters. The van der Waals surface area contributed by atoms with Crippen molar-refractivity contribution in [2.75, 3.05) is 0 Å². The third-order valence-corrected chi connectivity index (χ3v) is 43.6. The van der Waals surface area contributed by atoms with Gasteiger partial charge in [0.05, 0.1) is 0 Å². The van der Waals surface area contributed by atoms with E-state index >= 15 is 0 Å². The molecule has 438 valence electrons. The molecular weight excluding hydrogens is 1250 g/mol. The van der Waals surface area contributed by atoms with E-state index in [9.17, 15) is 0 Å². The van der Waals surface area contributed by atoms with Crippen molar-refractivity contribution < 1.29 is 17.7 Å². The van der Waals surface area contributed by atoms with Crippen molar-refractivity contribution in [1.82, 2.24) is 0 Å². The zero-order chi connectivity index (χ0) is 60.9. The summed E-state index contributed by atoms with van der Waals surface area (Å²) in [5.41, 5.74) is 0. The topological polar surface area (TPSA) is 36.9 Å². The van der Waals surface area contributed by atoms with E-state index in [1.165, 1.54) is 41.5 Å². The number of hydrogen-bond acceptors (Lipinski definition) is 4. The number of hydrogen-bond donors (Lipinski definition) is 0. The van der Waals surface area contributed by atoms with Crippen molar-refractivity contribution in [2.24, 2.45) is 0 Å². The Hall–Kier alpha value is -6.69. The molecule has 0 saturated carbocycles. The molecule has 10 aromatic carbocycles. The van der Waals surface area contributed by atoms with E-state index in [-0.39, 0.29) is 46.4 Å². The fraction of sp³-hybridized carbons (Fsp3) is 0.211. The van der Waals surface area contributed by atoms with Gasteiger partial charge >= 0.3 is 533 Å². The first-order valence-electron chi connectivity index (χ1n) is 30.0. The summed E-state index contributed by atoms with van der Waals surface area (Å²) >= 11 is -0.420. The van der Waals surface area contributed by atoms with E-state index in [1.54, 1.807) is 0 Å². The first kappa shape index (κ1) is 62.4. The van der Waals surface area contributed by atoms with Crippen molar-refractivity contribution in [1.29, 1.82) is 0 Å². The molecule has 0 bridgehead atoms. The molecule has 0 aliphatic heterocycles. The number of benzene rings is 10. The van der Waals surface area contributed by atoms with Crippen molar-refractivity contribution in [3.63, 3.8) is 0 Å². The Balaban J connectivity index is 1.24. The standard InChI is InChI=1S/C76H82O4Se2Si4/c1-73(2,3)83(59-39-21-13-22-40-59,60-41-23-14-24-42-60)77-67-55-37-57-69(71(67)79-85(75(7,8)9,63-47-29-17-30-48-63)64-49-31-18-32-50-64)81-82-70-58-38-56-68(78-84(74(4,5)6,61-43-25-15-26-44-61)62-45-27-16-28-46-62)72(70)80-86(76(10,11)12,65-51-33-19-34-52-65)66-53-35-20-36-54-66/h13-58H,1-12H3. The zero-order valence-corrected chi connectivity index (χ0v) is 59.4. The molecule has 0 fully saturated rings. The van der Waals surface area contributed by atoms with Crippen molar-refractivity contribution in [3.8, 4) is 23.0 Å². The summed E-state index contributed by atoms with van der Waals surface area (Å²) in [7, 11) is -13.0. The maximum absolute atomic E-state index is 8.43. The van der Waals surface area contributed by atoms with Gasteiger partial charge in [-0.05, 0) is 0 Å². The Morgan fingerprint density at radius 2 is 0.384 bits per heavy atom. The van der Waals surface area contributed by atoms with Crippen LogP contribution in [-0.4, -0.2) is 59.5 Å². The third-order valence-electron chi connectivity index (χ3n) is 16.8. The van der Waals surface area contributed by atoms with Gasteiger partial charge in [-0.25, -0.2) is 0 Å². The fourth-order valence-corrected chi connectivity index (χ4v) is 37.6. The summed E-state index contributed by atoms with van der Waals surface area (Å²) in [6.45, 7) is 28.3. The second kappa shape index (κ2) is 25.6. The summed E-state index contributed by atoms with van der Waals surface area (Å²) in [6, 6.07) is 102. The molecule has 0 aliphatic rings. The van der Waals surface area contributed by atoms with E-state index < -0.39 is 33.3 Å². The molecule has 10 heteroatoms. The normalized spacial score (nSPS) is 12.7. The van der Waals surface area contributed by atoms with Crippen LogP contribution in [0.2, 0.25) is 20.2 Å². The Bertz CT molecular complexity index is 3390. The molecule has 0 aliphatic carbocycles. The molecule has 0 saturated heterocycles. The van der Waals surface area contributed by atoms with Crippen LogP contribution in [0.4, 0.5) is 0 Å². The quantitative estimate of drug-likeness (QED) is 0.0756. The van der Waals surface area contributed by atoms with Crippen molar-refractivity contribution in [3.05, 3.63) is 279 Å². The van der Waals surface area contributed by atoms with Crippen LogP contribution in [0.3, 0.4) is 0 Å². The van der Waals surface area contributed by atoms with Gasteiger partial charge in [0.25, 0.3) is 0 Å². The Morgan fingerprint density at radius 3 is 0.558 bits per heavy atom. The molecule has 10 aromatic rings. The molecule has 0 heterocycles. The summed E-state index contributed by atoms with van der Waals surface area (Å²) in [4.78, 5) is 0. The van der Waals surface area contributed by atoms with E-state index in [0.29, 0.717) is 0 Å². The molecule has 0 N–H and O–H groups in total. The van der Waals surface area contributed by atoms with Crippen molar-refractivity contribution in [2.45, 2.75) is 103 Å². The van der Waals surface area contributed by atoms with Crippen LogP contribution >= 0.6 is 0 Å². The minimum atomic E-state index is -3.28. The molecule has 4 nitrogen and oxygen atoms in total. The Labute approximate surface area is 528 Å². The van der Waals surface area contributed by atoms with Gasteiger partial charge in [-0.1, -0.05) is 0 Å². The van der Waals surface area contributed by atoms with Gasteiger partial charge in [0, 0.05) is 0 Å². The van der Waals surface area contributed by atoms with Crippen LogP contribution in [0.15, 0.2) is 279 Å². The molecule has 0 radical (unpaired) electrons. The van der Waals surface area contributed by atoms with Crippen LogP contribution in [0, 0.1) is 0 Å². The molecule has 0 aromatic heterocycles. The summed E-state index contributed by atoms with van der Waals surface area (Å²) in [6.07, 6.45) is 0. The van der Waals surface area contributed by atoms with Crippen LogP contribution in [0.1, 0.15) is 83.1 Å². The van der Waals surface area contributed by atoms with Crippen LogP contribution in [-0.2, 0) is 0 Å². The predicted molar refractivity (Wildman–Crippen MR) is 377 cm³/mol. The Morgan fingerprint density at radius 1 is 0.209 bits per heavy atom. The van der Waals surface area contributed by atoms with E-state index in [4.69, 9.17) is 17.7 Å².